The summed E-state index contributed by atoms with van der Waals surface area (Å²) in [4.78, 5) is 2.58. The van der Waals surface area contributed by atoms with E-state index < -0.39 is 0 Å². The predicted molar refractivity (Wildman–Crippen MR) is 155 cm³/mol. The van der Waals surface area contributed by atoms with E-state index in [9.17, 15) is 0 Å². The second-order valence-corrected chi connectivity index (χ2v) is 12.4. The van der Waals surface area contributed by atoms with Crippen LogP contribution in [0.5, 0.6) is 0 Å². The molecule has 0 unspecified atom stereocenters. The van der Waals surface area contributed by atoms with Crippen LogP contribution in [0, 0.1) is 0 Å². The van der Waals surface area contributed by atoms with Crippen LogP contribution in [-0.2, 0) is 12.8 Å². The summed E-state index contributed by atoms with van der Waals surface area (Å²) in [5, 5.41) is 4.66. The second-order valence-electron chi connectivity index (χ2n) is 8.55. The van der Waals surface area contributed by atoms with Crippen molar-refractivity contribution >= 4 is 77.3 Å². The molecular formula is C26H30Br2N2S3. The summed E-state index contributed by atoms with van der Waals surface area (Å²) in [7, 11) is 0. The molecule has 0 aliphatic rings. The number of aryl methyl sites for hydroxylation is 2. The summed E-state index contributed by atoms with van der Waals surface area (Å²) in [5.41, 5.74) is 7.32. The van der Waals surface area contributed by atoms with Gasteiger partial charge in [0.05, 0.1) is 16.6 Å². The largest absolute Gasteiger partial charge is 0.173 e. The predicted octanol–water partition coefficient (Wildman–Crippen LogP) is 10.9. The number of hydrogen-bond donors (Lipinski definition) is 0. The van der Waals surface area contributed by atoms with Crippen molar-refractivity contribution in [3.05, 3.63) is 43.0 Å². The van der Waals surface area contributed by atoms with Crippen LogP contribution >= 0.6 is 66.3 Å². The Morgan fingerprint density at radius 3 is 1.97 bits per heavy atom. The van der Waals surface area contributed by atoms with Crippen LogP contribution < -0.4 is 0 Å². The molecule has 33 heavy (non-hydrogen) atoms. The lowest BCUT2D eigenvalue weighted by molar-refractivity contribution is 0.667. The van der Waals surface area contributed by atoms with E-state index >= 15 is 0 Å². The standard InChI is InChI=1S/C26H30Br2N2S3/c1-3-5-7-9-11-17-15-31-25(22(17)27)19-13-14-20-24(30-33-29-20)21(19)26-23(28)18(16-32-26)12-10-8-6-4-2/h13-16H,3-12H2,1-2H3. The lowest BCUT2D eigenvalue weighted by Crippen LogP contribution is -1.89. The molecule has 0 spiro atoms. The normalized spacial score (nSPS) is 11.6. The Bertz CT molecular complexity index is 1190. The number of unbranched alkanes of at least 4 members (excludes halogenated alkanes) is 6. The molecule has 0 atom stereocenters. The number of hydrogen-bond acceptors (Lipinski definition) is 5. The van der Waals surface area contributed by atoms with Gasteiger partial charge in [0.2, 0.25) is 0 Å². The first kappa shape index (κ1) is 25.5. The number of nitrogens with zero attached hydrogens (tertiary/aromatic N) is 2. The van der Waals surface area contributed by atoms with Crippen LogP contribution in [0.2, 0.25) is 0 Å². The number of aromatic nitrogens is 2. The van der Waals surface area contributed by atoms with Crippen molar-refractivity contribution in [3.63, 3.8) is 0 Å². The molecule has 0 aliphatic heterocycles. The molecule has 0 aliphatic carbocycles. The van der Waals surface area contributed by atoms with Gasteiger partial charge >= 0.3 is 0 Å². The van der Waals surface area contributed by atoms with Gasteiger partial charge in [-0.15, -0.1) is 22.7 Å². The van der Waals surface area contributed by atoms with Crippen molar-refractivity contribution in [2.45, 2.75) is 78.1 Å². The molecule has 3 heterocycles. The van der Waals surface area contributed by atoms with Gasteiger partial charge < -0.3 is 0 Å². The monoisotopic (exact) mass is 624 g/mol. The van der Waals surface area contributed by atoms with Crippen LogP contribution in [0.25, 0.3) is 31.9 Å². The molecule has 4 rings (SSSR count). The van der Waals surface area contributed by atoms with Crippen LogP contribution in [0.15, 0.2) is 31.8 Å². The van der Waals surface area contributed by atoms with Gasteiger partial charge in [-0.25, -0.2) is 0 Å². The minimum atomic E-state index is 0.982. The SMILES string of the molecule is CCCCCCc1csc(-c2ccc3nsnc3c2-c2scc(CCCCCC)c2Br)c1Br. The maximum atomic E-state index is 4.73. The molecule has 0 saturated heterocycles. The zero-order valence-corrected chi connectivity index (χ0v) is 24.9. The minimum Gasteiger partial charge on any atom is -0.173 e. The molecule has 2 nitrogen and oxygen atoms in total. The molecule has 176 valence electrons. The third-order valence-corrected chi connectivity index (χ3v) is 11.1. The highest BCUT2D eigenvalue weighted by Gasteiger charge is 2.22. The molecule has 0 saturated carbocycles. The van der Waals surface area contributed by atoms with Crippen molar-refractivity contribution in [1.82, 2.24) is 8.75 Å². The lowest BCUT2D eigenvalue weighted by atomic mass is 10.00. The number of thiophene rings is 2. The highest BCUT2D eigenvalue weighted by molar-refractivity contribution is 9.11. The maximum absolute atomic E-state index is 4.73. The van der Waals surface area contributed by atoms with E-state index in [1.54, 1.807) is 0 Å². The van der Waals surface area contributed by atoms with E-state index in [2.05, 4.69) is 73.0 Å². The van der Waals surface area contributed by atoms with Crippen molar-refractivity contribution in [2.24, 2.45) is 0 Å². The van der Waals surface area contributed by atoms with Gasteiger partial charge in [-0.1, -0.05) is 58.4 Å². The Morgan fingerprint density at radius 1 is 0.727 bits per heavy atom. The third kappa shape index (κ3) is 5.80. The maximum Gasteiger partial charge on any atom is 0.114 e. The highest BCUT2D eigenvalue weighted by atomic mass is 79.9. The Kier molecular flexibility index (Phi) is 9.57. The number of rotatable bonds is 12. The molecule has 1 aromatic carbocycles. The van der Waals surface area contributed by atoms with Crippen molar-refractivity contribution in [2.75, 3.05) is 0 Å². The molecule has 0 amide bonds. The second kappa shape index (κ2) is 12.4. The van der Waals surface area contributed by atoms with Crippen molar-refractivity contribution < 1.29 is 0 Å². The summed E-state index contributed by atoms with van der Waals surface area (Å²) < 4.78 is 11.8. The summed E-state index contributed by atoms with van der Waals surface area (Å²) >= 11 is 12.9. The van der Waals surface area contributed by atoms with Gasteiger partial charge in [0.25, 0.3) is 0 Å². The van der Waals surface area contributed by atoms with Crippen molar-refractivity contribution in [1.29, 1.82) is 0 Å². The van der Waals surface area contributed by atoms with Crippen LogP contribution in [0.3, 0.4) is 0 Å². The number of fused-ring (bicyclic) bond motifs is 1. The number of benzene rings is 1. The smallest absolute Gasteiger partial charge is 0.114 e. The molecule has 0 N–H and O–H groups in total. The Labute approximate surface area is 226 Å². The van der Waals surface area contributed by atoms with Gasteiger partial charge in [0.15, 0.2) is 0 Å². The lowest BCUT2D eigenvalue weighted by Gasteiger charge is -2.10. The molecular weight excluding hydrogens is 596 g/mol. The summed E-state index contributed by atoms with van der Waals surface area (Å²) in [6.07, 6.45) is 12.5. The first-order valence-electron chi connectivity index (χ1n) is 11.9. The van der Waals surface area contributed by atoms with Crippen LogP contribution in [0.4, 0.5) is 0 Å². The van der Waals surface area contributed by atoms with E-state index in [4.69, 9.17) is 4.37 Å². The van der Waals surface area contributed by atoms with Crippen LogP contribution in [0.1, 0.15) is 76.3 Å². The van der Waals surface area contributed by atoms with E-state index in [0.29, 0.717) is 0 Å². The Hall–Kier alpha value is -0.600. The molecule has 0 bridgehead atoms. The van der Waals surface area contributed by atoms with E-state index in [1.165, 1.54) is 104 Å². The zero-order chi connectivity index (χ0) is 23.2. The molecule has 4 aromatic rings. The fraction of sp³-hybridized carbons (Fsp3) is 0.462. The van der Waals surface area contributed by atoms with Gasteiger partial charge in [-0.2, -0.15) is 8.75 Å². The topological polar surface area (TPSA) is 25.8 Å². The summed E-state index contributed by atoms with van der Waals surface area (Å²) in [5.74, 6) is 0. The average Bonchev–Trinajstić information content (AvgIpc) is 3.53. The Balaban J connectivity index is 1.70. The van der Waals surface area contributed by atoms with E-state index in [-0.39, 0.29) is 0 Å². The van der Waals surface area contributed by atoms with Gasteiger partial charge in [-0.3, -0.25) is 0 Å². The fourth-order valence-electron chi connectivity index (χ4n) is 4.20. The Morgan fingerprint density at radius 2 is 1.33 bits per heavy atom. The zero-order valence-electron chi connectivity index (χ0n) is 19.3. The average molecular weight is 627 g/mol. The first-order chi connectivity index (χ1) is 16.2. The molecule has 0 radical (unpaired) electrons. The highest BCUT2D eigenvalue weighted by Crippen LogP contribution is 2.48. The van der Waals surface area contributed by atoms with Gasteiger partial charge in [0.1, 0.15) is 11.0 Å². The molecule has 0 fully saturated rings. The van der Waals surface area contributed by atoms with Crippen molar-refractivity contribution in [3.8, 4) is 20.9 Å². The van der Waals surface area contributed by atoms with E-state index in [0.717, 1.165) is 23.9 Å². The fourth-order valence-corrected chi connectivity index (χ4v) is 8.73. The molecule has 7 heteroatoms. The third-order valence-electron chi connectivity index (χ3n) is 6.10. The van der Waals surface area contributed by atoms with Gasteiger partial charge in [-0.05, 0) is 85.5 Å². The molecule has 3 aromatic heterocycles. The van der Waals surface area contributed by atoms with Gasteiger partial charge in [0, 0.05) is 24.9 Å². The number of halogens is 2. The van der Waals surface area contributed by atoms with Crippen LogP contribution in [-0.4, -0.2) is 8.75 Å². The quantitative estimate of drug-likeness (QED) is 0.146. The minimum absolute atomic E-state index is 0.982. The first-order valence-corrected chi connectivity index (χ1v) is 16.0. The summed E-state index contributed by atoms with van der Waals surface area (Å²) in [6, 6.07) is 4.36. The summed E-state index contributed by atoms with van der Waals surface area (Å²) in [6.45, 7) is 4.53. The van der Waals surface area contributed by atoms with E-state index in [1.807, 2.05) is 22.7 Å².